The Morgan fingerprint density at radius 2 is 1.97 bits per heavy atom. The van der Waals surface area contributed by atoms with Crippen LogP contribution in [0.15, 0.2) is 48.8 Å². The normalized spacial score (nSPS) is 12.8. The summed E-state index contributed by atoms with van der Waals surface area (Å²) in [6.45, 7) is 3.65. The van der Waals surface area contributed by atoms with Crippen molar-refractivity contribution in [1.29, 1.82) is 0 Å². The minimum atomic E-state index is 0.786. The van der Waals surface area contributed by atoms with E-state index in [0.717, 1.165) is 69.5 Å². The molecule has 0 saturated heterocycles. The minimum absolute atomic E-state index is 0.786. The molecule has 0 spiro atoms. The predicted octanol–water partition coefficient (Wildman–Crippen LogP) is 3.07. The number of fused-ring (bicyclic) bond motifs is 2. The van der Waals surface area contributed by atoms with Crippen LogP contribution in [-0.2, 0) is 6.54 Å². The Hall–Kier alpha value is -4.14. The summed E-state index contributed by atoms with van der Waals surface area (Å²) in [6, 6.07) is 11.8. The molecule has 0 atom stereocenters. The number of aryl methyl sites for hydroxylation is 1. The van der Waals surface area contributed by atoms with E-state index in [-0.39, 0.29) is 0 Å². The van der Waals surface area contributed by atoms with Gasteiger partial charge < -0.3 is 5.32 Å². The van der Waals surface area contributed by atoms with Crippen LogP contribution in [0.2, 0.25) is 0 Å². The fraction of sp³-hybridized carbons (Fsp3) is 0.143. The van der Waals surface area contributed by atoms with Crippen LogP contribution in [-0.4, -0.2) is 46.7 Å². The van der Waals surface area contributed by atoms with Crippen LogP contribution in [0.3, 0.4) is 0 Å². The molecule has 0 aliphatic carbocycles. The van der Waals surface area contributed by atoms with Crippen molar-refractivity contribution in [2.75, 3.05) is 11.9 Å². The minimum Gasteiger partial charge on any atom is -0.367 e. The molecule has 0 radical (unpaired) electrons. The molecule has 0 fully saturated rings. The molecule has 5 aromatic rings. The Balaban J connectivity index is 1.46. The lowest BCUT2D eigenvalue weighted by atomic mass is 10.1. The second kappa shape index (κ2) is 6.45. The van der Waals surface area contributed by atoms with Crippen LogP contribution in [0.4, 0.5) is 5.82 Å². The Labute approximate surface area is 171 Å². The largest absolute Gasteiger partial charge is 0.367 e. The highest BCUT2D eigenvalue weighted by Crippen LogP contribution is 2.31. The number of hydrogen-bond acceptors (Lipinski definition) is 7. The molecule has 30 heavy (non-hydrogen) atoms. The maximum atomic E-state index is 4.86. The molecule has 0 saturated carbocycles. The molecule has 0 amide bonds. The summed E-state index contributed by atoms with van der Waals surface area (Å²) < 4.78 is 1.87. The zero-order valence-corrected chi connectivity index (χ0v) is 16.2. The molecule has 9 heteroatoms. The number of pyridine rings is 3. The van der Waals surface area contributed by atoms with Gasteiger partial charge >= 0.3 is 0 Å². The van der Waals surface area contributed by atoms with E-state index in [1.54, 1.807) is 6.20 Å². The number of rotatable bonds is 3. The monoisotopic (exact) mass is 395 g/mol. The van der Waals surface area contributed by atoms with Crippen molar-refractivity contribution in [1.82, 2.24) is 40.1 Å². The van der Waals surface area contributed by atoms with Gasteiger partial charge in [0.05, 0.1) is 40.9 Å². The second-order valence-corrected chi connectivity index (χ2v) is 7.22. The van der Waals surface area contributed by atoms with Gasteiger partial charge in [-0.15, -0.1) is 5.10 Å². The summed E-state index contributed by atoms with van der Waals surface area (Å²) in [5.41, 5.74) is 7.61. The molecule has 6 rings (SSSR count). The van der Waals surface area contributed by atoms with Crippen LogP contribution in [0.25, 0.3) is 44.9 Å². The van der Waals surface area contributed by atoms with Gasteiger partial charge in [0, 0.05) is 29.6 Å². The lowest BCUT2D eigenvalue weighted by Gasteiger charge is -2.06. The Bertz CT molecular complexity index is 1400. The van der Waals surface area contributed by atoms with Crippen molar-refractivity contribution in [2.45, 2.75) is 13.5 Å². The number of hydrogen-bond donors (Lipinski definition) is 2. The molecular formula is C21H17N9. The topological polar surface area (TPSA) is 110 Å². The van der Waals surface area contributed by atoms with Gasteiger partial charge in [0.15, 0.2) is 5.82 Å². The molecular weight excluding hydrogens is 378 g/mol. The third kappa shape index (κ3) is 2.63. The summed E-state index contributed by atoms with van der Waals surface area (Å²) in [7, 11) is 0. The third-order valence-electron chi connectivity index (χ3n) is 5.22. The molecule has 1 aliphatic rings. The highest BCUT2D eigenvalue weighted by molar-refractivity contribution is 5.86. The van der Waals surface area contributed by atoms with Crippen LogP contribution >= 0.6 is 0 Å². The number of aromatic nitrogens is 8. The Morgan fingerprint density at radius 1 is 1.00 bits per heavy atom. The van der Waals surface area contributed by atoms with Gasteiger partial charge in [0.1, 0.15) is 5.69 Å². The van der Waals surface area contributed by atoms with Crippen LogP contribution in [0, 0.1) is 6.92 Å². The second-order valence-electron chi connectivity index (χ2n) is 7.22. The maximum Gasteiger partial charge on any atom is 0.153 e. The molecule has 1 aliphatic heterocycles. The fourth-order valence-electron chi connectivity index (χ4n) is 3.76. The van der Waals surface area contributed by atoms with Gasteiger partial charge in [-0.25, -0.2) is 9.67 Å². The number of nitrogens with zero attached hydrogens (tertiary/aromatic N) is 7. The van der Waals surface area contributed by atoms with Crippen molar-refractivity contribution in [3.05, 3.63) is 54.5 Å². The summed E-state index contributed by atoms with van der Waals surface area (Å²) in [5, 5.41) is 19.1. The number of nitrogens with one attached hydrogen (secondary N) is 2. The first kappa shape index (κ1) is 16.8. The molecule has 0 bridgehead atoms. The molecule has 2 N–H and O–H groups in total. The van der Waals surface area contributed by atoms with E-state index in [1.165, 1.54) is 0 Å². The van der Waals surface area contributed by atoms with Gasteiger partial charge in [-0.1, -0.05) is 11.3 Å². The van der Waals surface area contributed by atoms with Crippen molar-refractivity contribution in [3.63, 3.8) is 0 Å². The summed E-state index contributed by atoms with van der Waals surface area (Å²) in [5.74, 6) is 0.926. The standard InChI is InChI=1S/C21H17N9/c1-12-3-2-4-17(25-12)20-14(11-24-27-20)15-5-6-16-18(26-15)9-13(10-23-16)19-21-22-7-8-30(21)29-28-19/h2-6,9-11,22H,7-8H2,1H3,(H,24,27). The van der Waals surface area contributed by atoms with Crippen molar-refractivity contribution < 1.29 is 0 Å². The van der Waals surface area contributed by atoms with Gasteiger partial charge in [-0.2, -0.15) is 5.10 Å². The maximum absolute atomic E-state index is 4.86. The zero-order valence-electron chi connectivity index (χ0n) is 16.2. The van der Waals surface area contributed by atoms with Crippen molar-refractivity contribution in [3.8, 4) is 33.9 Å². The number of H-pyrrole nitrogens is 1. The first-order valence-electron chi connectivity index (χ1n) is 9.68. The molecule has 146 valence electrons. The highest BCUT2D eigenvalue weighted by atomic mass is 15.5. The average molecular weight is 395 g/mol. The van der Waals surface area contributed by atoms with Crippen molar-refractivity contribution >= 4 is 16.9 Å². The Morgan fingerprint density at radius 3 is 2.90 bits per heavy atom. The van der Waals surface area contributed by atoms with Crippen LogP contribution < -0.4 is 5.32 Å². The predicted molar refractivity (Wildman–Crippen MR) is 113 cm³/mol. The summed E-state index contributed by atoms with van der Waals surface area (Å²) in [6.07, 6.45) is 3.59. The fourth-order valence-corrected chi connectivity index (χ4v) is 3.76. The lowest BCUT2D eigenvalue weighted by Crippen LogP contribution is -1.97. The quantitative estimate of drug-likeness (QED) is 0.483. The molecule has 9 nitrogen and oxygen atoms in total. The Kier molecular flexibility index (Phi) is 3.61. The highest BCUT2D eigenvalue weighted by Gasteiger charge is 2.20. The first-order chi connectivity index (χ1) is 14.8. The van der Waals surface area contributed by atoms with E-state index in [4.69, 9.17) is 4.98 Å². The molecule has 5 aromatic heterocycles. The SMILES string of the molecule is Cc1cccc(-c2[nH]ncc2-c2ccc3ncc(-c4nnn5c4NCC5)cc3n2)n1. The zero-order chi connectivity index (χ0) is 20.1. The molecule has 0 unspecified atom stereocenters. The van der Waals surface area contributed by atoms with E-state index in [0.29, 0.717) is 0 Å². The van der Waals surface area contributed by atoms with Gasteiger partial charge in [0.25, 0.3) is 0 Å². The number of anilines is 1. The number of aromatic amines is 1. The first-order valence-corrected chi connectivity index (χ1v) is 9.68. The summed E-state index contributed by atoms with van der Waals surface area (Å²) in [4.78, 5) is 14.0. The van der Waals surface area contributed by atoms with Gasteiger partial charge in [-0.05, 0) is 37.3 Å². The van der Waals surface area contributed by atoms with Gasteiger partial charge in [0.2, 0.25) is 0 Å². The van der Waals surface area contributed by atoms with Crippen LogP contribution in [0.1, 0.15) is 5.69 Å². The molecule has 0 aromatic carbocycles. The van der Waals surface area contributed by atoms with E-state index in [2.05, 4.69) is 35.8 Å². The van der Waals surface area contributed by atoms with Gasteiger partial charge in [-0.3, -0.25) is 15.1 Å². The van der Waals surface area contributed by atoms with Crippen molar-refractivity contribution in [2.24, 2.45) is 0 Å². The summed E-state index contributed by atoms with van der Waals surface area (Å²) >= 11 is 0. The average Bonchev–Trinajstić information content (AvgIpc) is 3.50. The molecule has 6 heterocycles. The smallest absolute Gasteiger partial charge is 0.153 e. The van der Waals surface area contributed by atoms with E-state index in [9.17, 15) is 0 Å². The van der Waals surface area contributed by atoms with E-state index < -0.39 is 0 Å². The van der Waals surface area contributed by atoms with E-state index >= 15 is 0 Å². The third-order valence-corrected chi connectivity index (χ3v) is 5.22. The lowest BCUT2D eigenvalue weighted by molar-refractivity contribution is 0.655. The van der Waals surface area contributed by atoms with E-state index in [1.807, 2.05) is 54.2 Å². The van der Waals surface area contributed by atoms with Crippen LogP contribution in [0.5, 0.6) is 0 Å².